The topological polar surface area (TPSA) is 50.4 Å². The van der Waals surface area contributed by atoms with Crippen molar-refractivity contribution >= 4 is 11.7 Å². The Bertz CT molecular complexity index is 653. The van der Waals surface area contributed by atoms with Gasteiger partial charge in [-0.25, -0.2) is 4.79 Å². The van der Waals surface area contributed by atoms with Crippen molar-refractivity contribution < 1.29 is 9.53 Å². The minimum Gasteiger partial charge on any atom is -0.491 e. The number of anilines is 1. The van der Waals surface area contributed by atoms with E-state index in [1.54, 1.807) is 0 Å². The van der Waals surface area contributed by atoms with Crippen molar-refractivity contribution in [3.63, 3.8) is 0 Å². The molecule has 2 aromatic carbocycles. The summed E-state index contributed by atoms with van der Waals surface area (Å²) in [7, 11) is 0. The third-order valence-electron chi connectivity index (χ3n) is 3.57. The van der Waals surface area contributed by atoms with Crippen molar-refractivity contribution in [2.75, 3.05) is 18.5 Å². The summed E-state index contributed by atoms with van der Waals surface area (Å²) in [6.45, 7) is 7.09. The van der Waals surface area contributed by atoms with Gasteiger partial charge in [0.1, 0.15) is 12.4 Å². The Labute approximate surface area is 137 Å². The third-order valence-corrected chi connectivity index (χ3v) is 3.57. The summed E-state index contributed by atoms with van der Waals surface area (Å²) in [4.78, 5) is 12.0. The Kier molecular flexibility index (Phi) is 6.03. The molecule has 0 radical (unpaired) electrons. The fraction of sp³-hybridized carbons (Fsp3) is 0.316. The molecule has 2 rings (SSSR count). The van der Waals surface area contributed by atoms with Crippen LogP contribution in [0.5, 0.6) is 5.75 Å². The van der Waals surface area contributed by atoms with Crippen LogP contribution < -0.4 is 15.4 Å². The maximum atomic E-state index is 12.0. The van der Waals surface area contributed by atoms with Crippen molar-refractivity contribution in [2.45, 2.75) is 26.7 Å². The van der Waals surface area contributed by atoms with E-state index in [2.05, 4.69) is 24.5 Å². The molecule has 23 heavy (non-hydrogen) atoms. The summed E-state index contributed by atoms with van der Waals surface area (Å²) in [6.07, 6.45) is 0. The van der Waals surface area contributed by atoms with Gasteiger partial charge in [-0.1, -0.05) is 50.2 Å². The predicted octanol–water partition coefficient (Wildman–Crippen LogP) is 4.32. The molecular weight excluding hydrogens is 288 g/mol. The van der Waals surface area contributed by atoms with Crippen LogP contribution in [0.3, 0.4) is 0 Å². The summed E-state index contributed by atoms with van der Waals surface area (Å²) < 4.78 is 5.66. The number of carbonyl (C=O) groups is 1. The summed E-state index contributed by atoms with van der Waals surface area (Å²) >= 11 is 0. The van der Waals surface area contributed by atoms with Gasteiger partial charge in [-0.3, -0.25) is 0 Å². The normalized spacial score (nSPS) is 10.4. The number of rotatable bonds is 6. The average molecular weight is 312 g/mol. The number of hydrogen-bond donors (Lipinski definition) is 2. The maximum absolute atomic E-state index is 12.0. The molecule has 0 aliphatic rings. The fourth-order valence-electron chi connectivity index (χ4n) is 2.32. The summed E-state index contributed by atoms with van der Waals surface area (Å²) in [5.41, 5.74) is 3.06. The molecule has 4 heteroatoms. The van der Waals surface area contributed by atoms with E-state index in [-0.39, 0.29) is 6.03 Å². The zero-order valence-electron chi connectivity index (χ0n) is 13.9. The number of nitrogens with one attached hydrogen (secondary N) is 2. The summed E-state index contributed by atoms with van der Waals surface area (Å²) in [6, 6.07) is 15.5. The number of amides is 2. The second-order valence-corrected chi connectivity index (χ2v) is 5.74. The first kappa shape index (κ1) is 16.9. The molecule has 2 aromatic rings. The summed E-state index contributed by atoms with van der Waals surface area (Å²) in [5, 5.41) is 5.71. The molecule has 0 aliphatic heterocycles. The molecule has 0 heterocycles. The van der Waals surface area contributed by atoms with Gasteiger partial charge in [0.25, 0.3) is 0 Å². The van der Waals surface area contributed by atoms with E-state index in [4.69, 9.17) is 4.74 Å². The highest BCUT2D eigenvalue weighted by atomic mass is 16.5. The van der Waals surface area contributed by atoms with Crippen molar-refractivity contribution in [1.29, 1.82) is 0 Å². The number of ether oxygens (including phenoxy) is 1. The zero-order chi connectivity index (χ0) is 16.7. The second-order valence-electron chi connectivity index (χ2n) is 5.74. The lowest BCUT2D eigenvalue weighted by Crippen LogP contribution is -2.32. The van der Waals surface area contributed by atoms with Gasteiger partial charge < -0.3 is 15.4 Å². The lowest BCUT2D eigenvalue weighted by molar-refractivity contribution is 0.247. The standard InChI is InChI=1S/C19H24N2O2/c1-14(2)16-9-5-6-10-17(16)21-19(22)20-12-13-23-18-11-7-4-8-15(18)3/h4-11,14H,12-13H2,1-3H3,(H2,20,21,22). The van der Waals surface area contributed by atoms with Crippen LogP contribution in [0.1, 0.15) is 30.9 Å². The smallest absolute Gasteiger partial charge is 0.319 e. The Hall–Kier alpha value is -2.49. The molecule has 0 atom stereocenters. The van der Waals surface area contributed by atoms with E-state index in [1.165, 1.54) is 0 Å². The monoisotopic (exact) mass is 312 g/mol. The Morgan fingerprint density at radius 2 is 1.78 bits per heavy atom. The predicted molar refractivity (Wildman–Crippen MR) is 94.2 cm³/mol. The van der Waals surface area contributed by atoms with Crippen molar-refractivity contribution in [3.05, 3.63) is 59.7 Å². The van der Waals surface area contributed by atoms with Crippen LogP contribution in [0.25, 0.3) is 0 Å². The van der Waals surface area contributed by atoms with Crippen LogP contribution in [0.4, 0.5) is 10.5 Å². The van der Waals surface area contributed by atoms with Crippen molar-refractivity contribution in [2.24, 2.45) is 0 Å². The average Bonchev–Trinajstić information content (AvgIpc) is 2.53. The minimum absolute atomic E-state index is 0.216. The molecule has 4 nitrogen and oxygen atoms in total. The van der Waals surface area contributed by atoms with E-state index in [1.807, 2.05) is 55.5 Å². The van der Waals surface area contributed by atoms with E-state index in [0.29, 0.717) is 19.1 Å². The van der Waals surface area contributed by atoms with Gasteiger partial charge in [0.15, 0.2) is 0 Å². The first-order valence-electron chi connectivity index (χ1n) is 7.90. The van der Waals surface area contributed by atoms with Gasteiger partial charge in [-0.05, 0) is 36.1 Å². The Balaban J connectivity index is 1.79. The molecule has 0 unspecified atom stereocenters. The van der Waals surface area contributed by atoms with E-state index >= 15 is 0 Å². The van der Waals surface area contributed by atoms with E-state index in [0.717, 1.165) is 22.6 Å². The maximum Gasteiger partial charge on any atom is 0.319 e. The molecule has 0 fully saturated rings. The van der Waals surface area contributed by atoms with Crippen LogP contribution in [-0.4, -0.2) is 19.2 Å². The van der Waals surface area contributed by atoms with Gasteiger partial charge in [0.05, 0.1) is 6.54 Å². The van der Waals surface area contributed by atoms with Crippen molar-refractivity contribution in [3.8, 4) is 5.75 Å². The first-order chi connectivity index (χ1) is 11.1. The fourth-order valence-corrected chi connectivity index (χ4v) is 2.32. The molecule has 2 amide bonds. The third kappa shape index (κ3) is 5.02. The molecule has 0 aromatic heterocycles. The quantitative estimate of drug-likeness (QED) is 0.781. The van der Waals surface area contributed by atoms with E-state index < -0.39 is 0 Å². The highest BCUT2D eigenvalue weighted by molar-refractivity contribution is 5.90. The van der Waals surface area contributed by atoms with Crippen LogP contribution >= 0.6 is 0 Å². The SMILES string of the molecule is Cc1ccccc1OCCNC(=O)Nc1ccccc1C(C)C. The van der Waals surface area contributed by atoms with Crippen LogP contribution in [0.2, 0.25) is 0 Å². The number of hydrogen-bond acceptors (Lipinski definition) is 2. The molecule has 122 valence electrons. The number of aryl methyl sites for hydroxylation is 1. The molecule has 0 bridgehead atoms. The Morgan fingerprint density at radius 3 is 2.52 bits per heavy atom. The Morgan fingerprint density at radius 1 is 1.09 bits per heavy atom. The number of benzene rings is 2. The van der Waals surface area contributed by atoms with Gasteiger partial charge in [0, 0.05) is 5.69 Å². The van der Waals surface area contributed by atoms with Crippen LogP contribution in [-0.2, 0) is 0 Å². The van der Waals surface area contributed by atoms with Gasteiger partial charge in [-0.2, -0.15) is 0 Å². The lowest BCUT2D eigenvalue weighted by Gasteiger charge is -2.14. The number of carbonyl (C=O) groups excluding carboxylic acids is 1. The summed E-state index contributed by atoms with van der Waals surface area (Å²) in [5.74, 6) is 1.20. The number of para-hydroxylation sites is 2. The van der Waals surface area contributed by atoms with Gasteiger partial charge in [-0.15, -0.1) is 0 Å². The highest BCUT2D eigenvalue weighted by Gasteiger charge is 2.08. The lowest BCUT2D eigenvalue weighted by atomic mass is 10.0. The van der Waals surface area contributed by atoms with Crippen LogP contribution in [0, 0.1) is 6.92 Å². The molecule has 0 saturated heterocycles. The van der Waals surface area contributed by atoms with Crippen LogP contribution in [0.15, 0.2) is 48.5 Å². The first-order valence-corrected chi connectivity index (χ1v) is 7.90. The van der Waals surface area contributed by atoms with E-state index in [9.17, 15) is 4.79 Å². The highest BCUT2D eigenvalue weighted by Crippen LogP contribution is 2.23. The van der Waals surface area contributed by atoms with Crippen molar-refractivity contribution in [1.82, 2.24) is 5.32 Å². The molecule has 0 aliphatic carbocycles. The largest absolute Gasteiger partial charge is 0.491 e. The number of urea groups is 1. The zero-order valence-corrected chi connectivity index (χ0v) is 13.9. The molecular formula is C19H24N2O2. The van der Waals surface area contributed by atoms with Gasteiger partial charge >= 0.3 is 6.03 Å². The molecule has 2 N–H and O–H groups in total. The van der Waals surface area contributed by atoms with Gasteiger partial charge in [0.2, 0.25) is 0 Å². The minimum atomic E-state index is -0.216. The molecule has 0 spiro atoms. The molecule has 0 saturated carbocycles. The second kappa shape index (κ2) is 8.22.